The number of sulfonamides is 1. The second-order valence-electron chi connectivity index (χ2n) is 6.11. The second-order valence-corrected chi connectivity index (χ2v) is 7.82. The number of hydrogen-bond donors (Lipinski definition) is 0. The molecule has 0 spiro atoms. The van der Waals surface area contributed by atoms with Crippen molar-refractivity contribution < 1.29 is 25.7 Å². The third-order valence-corrected chi connectivity index (χ3v) is 5.62. The summed E-state index contributed by atoms with van der Waals surface area (Å²) in [6, 6.07) is 17.0. The minimum absolute atomic E-state index is 0. The summed E-state index contributed by atoms with van der Waals surface area (Å²) in [6.45, 7) is 3.87. The van der Waals surface area contributed by atoms with E-state index in [-0.39, 0.29) is 19.1 Å². The van der Waals surface area contributed by atoms with E-state index >= 15 is 0 Å². The van der Waals surface area contributed by atoms with Crippen molar-refractivity contribution in [3.05, 3.63) is 89.7 Å². The first-order valence-electron chi connectivity index (χ1n) is 8.32. The Hall–Kier alpha value is -0.777. The van der Waals surface area contributed by atoms with E-state index in [0.29, 0.717) is 0 Å². The van der Waals surface area contributed by atoms with Crippen LogP contribution in [0, 0.1) is 13.3 Å². The Kier molecular flexibility index (Phi) is 13.0. The number of nitrogens with one attached hydrogen (secondary N) is 1. The maximum absolute atomic E-state index is 12.5. The molecule has 150 valence electrons. The molecule has 0 aliphatic rings. The molecule has 0 aliphatic heterocycles. The summed E-state index contributed by atoms with van der Waals surface area (Å²) in [5.74, 6) is 0.0741. The SMILES string of the molecule is CCC(C)CS(=O)(=O)[N-]C(c1ccccc1)C([NH-])c1ccccc1.[CH3-].[Cl][Ru+3]. The first-order valence-corrected chi connectivity index (χ1v) is 12.2. The molecule has 0 amide bonds. The molecule has 2 aromatic rings. The van der Waals surface area contributed by atoms with Gasteiger partial charge in [-0.15, -0.1) is 12.1 Å². The minimum atomic E-state index is -3.59. The molecule has 1 N–H and O–H groups in total. The first-order chi connectivity index (χ1) is 12.4. The van der Waals surface area contributed by atoms with E-state index in [9.17, 15) is 8.42 Å². The van der Waals surface area contributed by atoms with Gasteiger partial charge in [-0.2, -0.15) is 0 Å². The molecule has 7 heteroatoms. The third-order valence-electron chi connectivity index (χ3n) is 4.08. The van der Waals surface area contributed by atoms with E-state index in [0.717, 1.165) is 17.5 Å². The number of nitrogens with zero attached hydrogens (tertiary/aromatic N) is 1. The Labute approximate surface area is 178 Å². The Bertz CT molecular complexity index is 730. The van der Waals surface area contributed by atoms with Crippen LogP contribution >= 0.6 is 9.69 Å². The molecular weight excluding hydrogens is 469 g/mol. The van der Waals surface area contributed by atoms with Crippen molar-refractivity contribution in [1.29, 1.82) is 0 Å². The first kappa shape index (κ1) is 26.2. The standard InChI is InChI=1S/C19H24N2O2S.CH3.ClH.Ru/c1-3-15(2)14-24(22,23)21-19(17-12-8-5-9-13-17)18(20)16-10-6-4-7-11-16;;;/h4-13,15,18-20H,3,14H2,1-2H3;1H3;1H;/q-2;-1;;+4/p-1. The quantitative estimate of drug-likeness (QED) is 0.313. The number of benzene rings is 2. The molecule has 0 saturated carbocycles. The predicted octanol–water partition coefficient (Wildman–Crippen LogP) is 6.41. The van der Waals surface area contributed by atoms with Gasteiger partial charge in [0, 0.05) is 5.75 Å². The Balaban J connectivity index is 0.00000218. The van der Waals surface area contributed by atoms with Crippen LogP contribution in [-0.4, -0.2) is 14.2 Å². The molecule has 0 saturated heterocycles. The second kappa shape index (κ2) is 13.4. The van der Waals surface area contributed by atoms with Gasteiger partial charge in [-0.3, -0.25) is 0 Å². The molecule has 2 aromatic carbocycles. The van der Waals surface area contributed by atoms with Crippen molar-refractivity contribution >= 4 is 19.7 Å². The molecule has 0 fully saturated rings. The van der Waals surface area contributed by atoms with Crippen LogP contribution in [0.4, 0.5) is 0 Å². The van der Waals surface area contributed by atoms with Crippen LogP contribution in [0.2, 0.25) is 0 Å². The van der Waals surface area contributed by atoms with Gasteiger partial charge in [0.1, 0.15) is 0 Å². The van der Waals surface area contributed by atoms with Gasteiger partial charge in [0.25, 0.3) is 0 Å². The van der Waals surface area contributed by atoms with E-state index in [1.54, 1.807) is 0 Å². The topological polar surface area (TPSA) is 72.0 Å². The van der Waals surface area contributed by atoms with Crippen LogP contribution in [0.5, 0.6) is 0 Å². The van der Waals surface area contributed by atoms with Crippen molar-refractivity contribution in [3.8, 4) is 0 Å². The van der Waals surface area contributed by atoms with Crippen molar-refractivity contribution in [1.82, 2.24) is 0 Å². The monoisotopic (exact) mass is 496 g/mol. The van der Waals surface area contributed by atoms with E-state index in [2.05, 4.69) is 14.4 Å². The van der Waals surface area contributed by atoms with Gasteiger partial charge in [0.05, 0.1) is 10.0 Å². The molecule has 2 rings (SSSR count). The molecule has 27 heavy (non-hydrogen) atoms. The fourth-order valence-electron chi connectivity index (χ4n) is 2.50. The molecule has 0 radical (unpaired) electrons. The van der Waals surface area contributed by atoms with E-state index in [1.807, 2.05) is 91.8 Å². The number of hydrogen-bond acceptors (Lipinski definition) is 2. The molecule has 0 bridgehead atoms. The molecule has 3 unspecified atom stereocenters. The zero-order valence-electron chi connectivity index (χ0n) is 15.8. The van der Waals surface area contributed by atoms with Crippen LogP contribution in [0.25, 0.3) is 10.5 Å². The predicted molar refractivity (Wildman–Crippen MR) is 112 cm³/mol. The van der Waals surface area contributed by atoms with E-state index in [4.69, 9.17) is 5.73 Å². The van der Waals surface area contributed by atoms with Gasteiger partial charge in [-0.1, -0.05) is 92.1 Å². The van der Waals surface area contributed by atoms with Gasteiger partial charge in [0.2, 0.25) is 0 Å². The van der Waals surface area contributed by atoms with Crippen molar-refractivity contribution in [3.63, 3.8) is 0 Å². The van der Waals surface area contributed by atoms with Crippen LogP contribution < -0.4 is 0 Å². The summed E-state index contributed by atoms with van der Waals surface area (Å²) in [5.41, 5.74) is 10.1. The van der Waals surface area contributed by atoms with Gasteiger partial charge < -0.3 is 17.9 Å². The van der Waals surface area contributed by atoms with Gasteiger partial charge >= 0.3 is 27.0 Å². The van der Waals surface area contributed by atoms with Crippen LogP contribution in [0.15, 0.2) is 60.7 Å². The zero-order valence-corrected chi connectivity index (χ0v) is 19.1. The average Bonchev–Trinajstić information content (AvgIpc) is 2.68. The Morgan fingerprint density at radius 1 is 1.00 bits per heavy atom. The average molecular weight is 496 g/mol. The normalized spacial score (nSPS) is 14.1. The van der Waals surface area contributed by atoms with Gasteiger partial charge in [-0.05, 0) is 5.92 Å². The fraction of sp³-hybridized carbons (Fsp3) is 0.350. The summed E-state index contributed by atoms with van der Waals surface area (Å²) >= 11 is 1.82. The number of rotatable bonds is 8. The van der Waals surface area contributed by atoms with Crippen LogP contribution in [0.3, 0.4) is 0 Å². The van der Waals surface area contributed by atoms with Crippen molar-refractivity contribution in [2.75, 3.05) is 5.75 Å². The molecule has 0 aliphatic carbocycles. The summed E-state index contributed by atoms with van der Waals surface area (Å²) in [7, 11) is 0.981. The molecule has 0 aromatic heterocycles. The Morgan fingerprint density at radius 3 is 1.89 bits per heavy atom. The van der Waals surface area contributed by atoms with Gasteiger partial charge in [0.15, 0.2) is 0 Å². The van der Waals surface area contributed by atoms with Crippen LogP contribution in [0.1, 0.15) is 43.5 Å². The summed E-state index contributed by atoms with van der Waals surface area (Å²) in [5, 5.41) is 0. The maximum atomic E-state index is 12.5. The van der Waals surface area contributed by atoms with Crippen molar-refractivity contribution in [2.45, 2.75) is 32.4 Å². The summed E-state index contributed by atoms with van der Waals surface area (Å²) in [4.78, 5) is 0. The number of halogens is 1. The summed E-state index contributed by atoms with van der Waals surface area (Å²) in [6.07, 6.45) is 0.785. The fourth-order valence-corrected chi connectivity index (χ4v) is 4.13. The van der Waals surface area contributed by atoms with E-state index in [1.165, 1.54) is 0 Å². The third kappa shape index (κ3) is 8.84. The molecular formula is C20H27ClN2O2RuS. The Morgan fingerprint density at radius 2 is 1.44 bits per heavy atom. The zero-order chi connectivity index (χ0) is 19.6. The molecule has 4 nitrogen and oxygen atoms in total. The van der Waals surface area contributed by atoms with Crippen molar-refractivity contribution in [2.24, 2.45) is 5.92 Å². The van der Waals surface area contributed by atoms with Gasteiger partial charge in [-0.25, -0.2) is 8.42 Å². The molecule has 0 heterocycles. The molecule has 3 atom stereocenters. The summed E-state index contributed by atoms with van der Waals surface area (Å²) < 4.78 is 29.1. The van der Waals surface area contributed by atoms with Crippen LogP contribution in [-0.2, 0) is 27.3 Å². The van der Waals surface area contributed by atoms with E-state index < -0.39 is 22.1 Å².